The molecule has 0 fully saturated rings. The van der Waals surface area contributed by atoms with E-state index in [2.05, 4.69) is 71.5 Å². The lowest BCUT2D eigenvalue weighted by molar-refractivity contribution is 0.411. The van der Waals surface area contributed by atoms with Gasteiger partial charge >= 0.3 is 0 Å². The second kappa shape index (κ2) is 4.63. The molecule has 0 radical (unpaired) electrons. The largest absolute Gasteiger partial charge is 0.497 e. The zero-order valence-electron chi connectivity index (χ0n) is 12.9. The molecule has 1 aliphatic carbocycles. The van der Waals surface area contributed by atoms with Crippen molar-refractivity contribution in [3.63, 3.8) is 0 Å². The molecule has 3 heteroatoms. The van der Waals surface area contributed by atoms with Crippen molar-refractivity contribution in [1.82, 2.24) is 0 Å². The zero-order valence-corrected chi connectivity index (χ0v) is 14.5. The lowest BCUT2D eigenvalue weighted by Gasteiger charge is -2.38. The van der Waals surface area contributed by atoms with E-state index in [0.717, 1.165) is 10.2 Å². The summed E-state index contributed by atoms with van der Waals surface area (Å²) < 4.78 is 6.52. The number of halogens is 1. The van der Waals surface area contributed by atoms with Crippen molar-refractivity contribution in [2.45, 2.75) is 25.3 Å². The second-order valence-electron chi connectivity index (χ2n) is 6.54. The Morgan fingerprint density at radius 3 is 2.73 bits per heavy atom. The van der Waals surface area contributed by atoms with Crippen molar-refractivity contribution in [3.8, 4) is 5.75 Å². The highest BCUT2D eigenvalue weighted by Gasteiger charge is 2.42. The van der Waals surface area contributed by atoms with Gasteiger partial charge in [0.25, 0.3) is 0 Å². The van der Waals surface area contributed by atoms with Gasteiger partial charge in [0.2, 0.25) is 0 Å². The maximum absolute atomic E-state index is 5.42. The van der Waals surface area contributed by atoms with Gasteiger partial charge in [-0.2, -0.15) is 0 Å². The number of ether oxygens (including phenoxy) is 1. The van der Waals surface area contributed by atoms with E-state index >= 15 is 0 Å². The van der Waals surface area contributed by atoms with Crippen molar-refractivity contribution in [1.29, 1.82) is 0 Å². The van der Waals surface area contributed by atoms with Gasteiger partial charge in [0, 0.05) is 21.1 Å². The van der Waals surface area contributed by atoms with Crippen LogP contribution in [0.2, 0.25) is 0 Å². The van der Waals surface area contributed by atoms with Crippen LogP contribution in [0.4, 0.5) is 5.69 Å². The van der Waals surface area contributed by atoms with Crippen LogP contribution in [0.3, 0.4) is 0 Å². The molecule has 2 aromatic rings. The quantitative estimate of drug-likeness (QED) is 0.769. The predicted molar refractivity (Wildman–Crippen MR) is 95.4 cm³/mol. The fraction of sp³-hybridized carbons (Fsp3) is 0.263. The highest BCUT2D eigenvalue weighted by atomic mass is 79.9. The Kier molecular flexibility index (Phi) is 2.92. The number of rotatable bonds is 1. The van der Waals surface area contributed by atoms with Gasteiger partial charge in [-0.15, -0.1) is 0 Å². The van der Waals surface area contributed by atoms with Crippen LogP contribution in [0.5, 0.6) is 5.75 Å². The Morgan fingerprint density at radius 1 is 1.14 bits per heavy atom. The maximum Gasteiger partial charge on any atom is 0.119 e. The third-order valence-corrected chi connectivity index (χ3v) is 5.38. The number of hydrogen-bond acceptors (Lipinski definition) is 2. The van der Waals surface area contributed by atoms with E-state index in [1.54, 1.807) is 7.11 Å². The number of nitrogens with one attached hydrogen (secondary N) is 1. The molecule has 0 spiro atoms. The predicted octanol–water partition coefficient (Wildman–Crippen LogP) is 5.08. The molecule has 0 amide bonds. The Hall–Kier alpha value is -1.74. The zero-order chi connectivity index (χ0) is 15.5. The Morgan fingerprint density at radius 2 is 1.95 bits per heavy atom. The lowest BCUT2D eigenvalue weighted by Crippen LogP contribution is -2.40. The molecular weight excluding hydrogens is 338 g/mol. The molecule has 112 valence electrons. The first-order valence-electron chi connectivity index (χ1n) is 7.47. The molecule has 2 aliphatic rings. The van der Waals surface area contributed by atoms with Gasteiger partial charge in [-0.25, -0.2) is 0 Å². The van der Waals surface area contributed by atoms with Gasteiger partial charge < -0.3 is 10.1 Å². The van der Waals surface area contributed by atoms with Gasteiger partial charge in [-0.3, -0.25) is 0 Å². The molecule has 1 atom stereocenters. The first-order valence-corrected chi connectivity index (χ1v) is 8.26. The minimum atomic E-state index is -0.000543. The summed E-state index contributed by atoms with van der Waals surface area (Å²) in [7, 11) is 1.72. The van der Waals surface area contributed by atoms with Gasteiger partial charge in [0.1, 0.15) is 5.75 Å². The molecule has 0 saturated carbocycles. The molecule has 2 aromatic carbocycles. The number of fused-ring (bicyclic) bond motifs is 4. The topological polar surface area (TPSA) is 21.3 Å². The molecule has 0 aromatic heterocycles. The van der Waals surface area contributed by atoms with Crippen LogP contribution in [0.25, 0.3) is 11.6 Å². The molecular formula is C19H18BrNO. The van der Waals surface area contributed by atoms with Crippen LogP contribution < -0.4 is 10.1 Å². The first-order chi connectivity index (χ1) is 10.5. The maximum atomic E-state index is 5.42. The molecule has 1 heterocycles. The lowest BCUT2D eigenvalue weighted by atomic mass is 9.69. The van der Waals surface area contributed by atoms with Gasteiger partial charge in [-0.1, -0.05) is 41.9 Å². The molecule has 1 aliphatic heterocycles. The number of methoxy groups -OCH3 is 1. The average Bonchev–Trinajstić information content (AvgIpc) is 2.86. The average molecular weight is 356 g/mol. The third kappa shape index (κ3) is 1.85. The van der Waals surface area contributed by atoms with Crippen molar-refractivity contribution >= 4 is 33.3 Å². The van der Waals surface area contributed by atoms with Crippen LogP contribution in [-0.4, -0.2) is 13.2 Å². The monoisotopic (exact) mass is 355 g/mol. The van der Waals surface area contributed by atoms with Crippen LogP contribution in [0.15, 0.2) is 40.9 Å². The van der Waals surface area contributed by atoms with Crippen molar-refractivity contribution in [2.75, 3.05) is 12.4 Å². The van der Waals surface area contributed by atoms with E-state index in [-0.39, 0.29) is 11.5 Å². The summed E-state index contributed by atoms with van der Waals surface area (Å²) in [6.45, 7) is 4.60. The molecule has 22 heavy (non-hydrogen) atoms. The van der Waals surface area contributed by atoms with Crippen LogP contribution in [0, 0.1) is 0 Å². The molecule has 4 rings (SSSR count). The molecule has 1 N–H and O–H groups in total. The Balaban J connectivity index is 1.92. The summed E-state index contributed by atoms with van der Waals surface area (Å²) in [6, 6.07) is 13.1. The van der Waals surface area contributed by atoms with Crippen LogP contribution in [-0.2, 0) is 5.41 Å². The minimum absolute atomic E-state index is 0.000543. The SMILES string of the molecule is COc1ccc2c(c1)C(C)(C)C1Nc3cc(Br)ccc3C1=C2. The van der Waals surface area contributed by atoms with Crippen molar-refractivity contribution in [2.24, 2.45) is 0 Å². The van der Waals surface area contributed by atoms with E-state index in [1.165, 1.54) is 28.0 Å². The number of hydrogen-bond donors (Lipinski definition) is 1. The number of benzene rings is 2. The molecule has 0 bridgehead atoms. The summed E-state index contributed by atoms with van der Waals surface area (Å²) in [5.74, 6) is 0.918. The Bertz CT molecular complexity index is 807. The molecule has 0 saturated heterocycles. The van der Waals surface area contributed by atoms with E-state index in [9.17, 15) is 0 Å². The van der Waals surface area contributed by atoms with Crippen LogP contribution in [0.1, 0.15) is 30.5 Å². The fourth-order valence-corrected chi connectivity index (χ4v) is 4.04. The third-order valence-electron chi connectivity index (χ3n) is 4.89. The summed E-state index contributed by atoms with van der Waals surface area (Å²) in [5, 5.41) is 3.71. The number of anilines is 1. The first kappa shape index (κ1) is 13.9. The standard InChI is InChI=1S/C19H18BrNO/c1-19(2)16-10-13(22-3)6-4-11(16)8-15-14-7-5-12(20)9-17(14)21-18(15)19/h4-10,18,21H,1-3H3. The van der Waals surface area contributed by atoms with Gasteiger partial charge in [-0.05, 0) is 47.0 Å². The van der Waals surface area contributed by atoms with E-state index in [1.807, 2.05) is 6.07 Å². The normalized spacial score (nSPS) is 20.4. The summed E-state index contributed by atoms with van der Waals surface area (Å²) in [5.41, 5.74) is 6.51. The molecule has 1 unspecified atom stereocenters. The van der Waals surface area contributed by atoms with E-state index in [0.29, 0.717) is 0 Å². The van der Waals surface area contributed by atoms with Gasteiger partial charge in [0.15, 0.2) is 0 Å². The highest BCUT2D eigenvalue weighted by Crippen LogP contribution is 2.50. The fourth-order valence-electron chi connectivity index (χ4n) is 3.68. The smallest absolute Gasteiger partial charge is 0.119 e. The van der Waals surface area contributed by atoms with E-state index in [4.69, 9.17) is 4.74 Å². The van der Waals surface area contributed by atoms with Crippen molar-refractivity contribution < 1.29 is 4.74 Å². The summed E-state index contributed by atoms with van der Waals surface area (Å²) in [4.78, 5) is 0. The van der Waals surface area contributed by atoms with Crippen molar-refractivity contribution in [3.05, 3.63) is 57.6 Å². The van der Waals surface area contributed by atoms with Crippen LogP contribution >= 0.6 is 15.9 Å². The minimum Gasteiger partial charge on any atom is -0.497 e. The van der Waals surface area contributed by atoms with Gasteiger partial charge in [0.05, 0.1) is 13.2 Å². The Labute approximate surface area is 139 Å². The summed E-state index contributed by atoms with van der Waals surface area (Å²) in [6.07, 6.45) is 2.32. The highest BCUT2D eigenvalue weighted by molar-refractivity contribution is 9.10. The summed E-state index contributed by atoms with van der Waals surface area (Å²) >= 11 is 3.56. The molecule has 2 nitrogen and oxygen atoms in total. The second-order valence-corrected chi connectivity index (χ2v) is 7.46. The van der Waals surface area contributed by atoms with E-state index < -0.39 is 0 Å².